The van der Waals surface area contributed by atoms with Crippen LogP contribution in [0, 0.1) is 0 Å². The summed E-state index contributed by atoms with van der Waals surface area (Å²) in [5.74, 6) is 0.456. The molecule has 0 aliphatic carbocycles. The zero-order chi connectivity index (χ0) is 21.3. The van der Waals surface area contributed by atoms with Gasteiger partial charge in [0.1, 0.15) is 5.76 Å². The Morgan fingerprint density at radius 2 is 1.90 bits per heavy atom. The van der Waals surface area contributed by atoms with E-state index in [-0.39, 0.29) is 10.8 Å². The molecule has 154 valence electrons. The maximum atomic E-state index is 12.9. The van der Waals surface area contributed by atoms with Crippen LogP contribution in [0.15, 0.2) is 76.2 Å². The van der Waals surface area contributed by atoms with Gasteiger partial charge in [0, 0.05) is 16.8 Å². The molecule has 0 spiro atoms. The predicted molar refractivity (Wildman–Crippen MR) is 119 cm³/mol. The number of hydrogen-bond acceptors (Lipinski definition) is 5. The molecule has 4 rings (SSSR count). The van der Waals surface area contributed by atoms with Crippen molar-refractivity contribution in [2.75, 3.05) is 11.4 Å². The van der Waals surface area contributed by atoms with Crippen molar-refractivity contribution in [3.63, 3.8) is 0 Å². The Kier molecular flexibility index (Phi) is 5.55. The zero-order valence-electron chi connectivity index (χ0n) is 15.8. The lowest BCUT2D eigenvalue weighted by Crippen LogP contribution is -2.26. The topological polar surface area (TPSA) is 79.6 Å². The molecule has 2 heterocycles. The first-order valence-electron chi connectivity index (χ1n) is 8.93. The van der Waals surface area contributed by atoms with Gasteiger partial charge >= 0.3 is 0 Å². The summed E-state index contributed by atoms with van der Waals surface area (Å²) in [4.78, 5) is 13.1. The molecule has 30 heavy (non-hydrogen) atoms. The van der Waals surface area contributed by atoms with Crippen LogP contribution >= 0.6 is 22.9 Å². The number of fused-ring (bicyclic) bond motifs is 1. The van der Waals surface area contributed by atoms with Crippen LogP contribution in [0.3, 0.4) is 0 Å². The van der Waals surface area contributed by atoms with Crippen molar-refractivity contribution in [2.24, 2.45) is 0 Å². The summed E-state index contributed by atoms with van der Waals surface area (Å²) >= 11 is 7.20. The van der Waals surface area contributed by atoms with E-state index in [1.54, 1.807) is 36.6 Å². The molecule has 1 amide bonds. The van der Waals surface area contributed by atoms with Crippen LogP contribution in [0.25, 0.3) is 10.1 Å². The summed E-state index contributed by atoms with van der Waals surface area (Å²) in [5.41, 5.74) is 0.498. The molecule has 0 saturated carbocycles. The van der Waals surface area contributed by atoms with Gasteiger partial charge in [-0.05, 0) is 66.0 Å². The summed E-state index contributed by atoms with van der Waals surface area (Å²) in [7, 11) is -2.24. The van der Waals surface area contributed by atoms with E-state index in [4.69, 9.17) is 16.0 Å². The van der Waals surface area contributed by atoms with Crippen molar-refractivity contribution in [3.8, 4) is 0 Å². The van der Waals surface area contributed by atoms with Gasteiger partial charge in [-0.1, -0.05) is 11.6 Å². The molecule has 0 saturated heterocycles. The average Bonchev–Trinajstić information content (AvgIpc) is 3.40. The lowest BCUT2D eigenvalue weighted by molar-refractivity contribution is 0.0952. The number of halogens is 1. The first-order valence-corrected chi connectivity index (χ1v) is 11.6. The summed E-state index contributed by atoms with van der Waals surface area (Å²) in [5, 5.41) is 4.07. The summed E-state index contributed by atoms with van der Waals surface area (Å²) in [6.45, 7) is 0.299. The van der Waals surface area contributed by atoms with Crippen LogP contribution in [-0.4, -0.2) is 21.4 Å². The van der Waals surface area contributed by atoms with E-state index in [1.165, 1.54) is 47.0 Å². The van der Waals surface area contributed by atoms with Crippen molar-refractivity contribution < 1.29 is 17.6 Å². The lowest BCUT2D eigenvalue weighted by atomic mass is 10.2. The van der Waals surface area contributed by atoms with Crippen LogP contribution in [0.2, 0.25) is 5.02 Å². The minimum atomic E-state index is -3.73. The number of nitrogens with zero attached hydrogens (tertiary/aromatic N) is 1. The van der Waals surface area contributed by atoms with Crippen molar-refractivity contribution in [1.29, 1.82) is 0 Å². The van der Waals surface area contributed by atoms with Gasteiger partial charge in [0.05, 0.1) is 28.3 Å². The Balaban J connectivity index is 1.57. The maximum Gasteiger partial charge on any atom is 0.264 e. The van der Waals surface area contributed by atoms with Gasteiger partial charge in [-0.25, -0.2) is 8.42 Å². The predicted octanol–water partition coefficient (Wildman–Crippen LogP) is 4.90. The number of benzene rings is 2. The van der Waals surface area contributed by atoms with E-state index in [0.29, 0.717) is 27.9 Å². The molecule has 4 aromatic rings. The summed E-state index contributed by atoms with van der Waals surface area (Å²) in [6, 6.07) is 16.6. The van der Waals surface area contributed by atoms with E-state index in [0.717, 1.165) is 10.1 Å². The number of rotatable bonds is 6. The average molecular weight is 461 g/mol. The second-order valence-corrected chi connectivity index (χ2v) is 10.0. The third kappa shape index (κ3) is 4.07. The first kappa shape index (κ1) is 20.5. The number of sulfonamides is 1. The van der Waals surface area contributed by atoms with Crippen molar-refractivity contribution in [1.82, 2.24) is 5.32 Å². The Hall–Kier alpha value is -2.81. The highest BCUT2D eigenvalue weighted by atomic mass is 35.5. The van der Waals surface area contributed by atoms with Crippen molar-refractivity contribution >= 4 is 54.6 Å². The minimum Gasteiger partial charge on any atom is -0.467 e. The summed E-state index contributed by atoms with van der Waals surface area (Å²) < 4.78 is 33.1. The van der Waals surface area contributed by atoms with E-state index in [2.05, 4.69) is 5.32 Å². The molecular formula is C21H17ClN2O4S2. The van der Waals surface area contributed by atoms with Crippen LogP contribution in [-0.2, 0) is 16.6 Å². The number of anilines is 1. The van der Waals surface area contributed by atoms with Crippen molar-refractivity contribution in [3.05, 3.63) is 82.6 Å². The van der Waals surface area contributed by atoms with E-state index < -0.39 is 10.0 Å². The van der Waals surface area contributed by atoms with Gasteiger partial charge in [-0.3, -0.25) is 9.10 Å². The van der Waals surface area contributed by atoms with Gasteiger partial charge in [0.15, 0.2) is 0 Å². The number of thiophene rings is 1. The third-order valence-corrected chi connectivity index (χ3v) is 7.73. The highest BCUT2D eigenvalue weighted by Gasteiger charge is 2.22. The number of carbonyl (C=O) groups excluding carboxylic acids is 1. The highest BCUT2D eigenvalue weighted by molar-refractivity contribution is 7.92. The van der Waals surface area contributed by atoms with Gasteiger partial charge in [0.2, 0.25) is 0 Å². The molecule has 0 radical (unpaired) electrons. The van der Waals surface area contributed by atoms with E-state index in [9.17, 15) is 13.2 Å². The molecular weight excluding hydrogens is 444 g/mol. The molecule has 6 nitrogen and oxygen atoms in total. The Morgan fingerprint density at radius 1 is 1.13 bits per heavy atom. The quantitative estimate of drug-likeness (QED) is 0.443. The standard InChI is InChI=1S/C21H17ClN2O4S2/c1-24(30(26,27)18-7-4-15(22)5-8-18)16-6-9-19-14(11-16)12-20(29-19)21(25)23-13-17-3-2-10-28-17/h2-12H,13H2,1H3,(H,23,25). The van der Waals surface area contributed by atoms with E-state index >= 15 is 0 Å². The first-order chi connectivity index (χ1) is 14.3. The largest absolute Gasteiger partial charge is 0.467 e. The Labute approximate surface area is 182 Å². The maximum absolute atomic E-state index is 12.9. The number of amides is 1. The van der Waals surface area contributed by atoms with E-state index in [1.807, 2.05) is 6.07 Å². The number of hydrogen-bond donors (Lipinski definition) is 1. The number of carbonyl (C=O) groups is 1. The summed E-state index contributed by atoms with van der Waals surface area (Å²) in [6.07, 6.45) is 1.55. The molecule has 2 aromatic heterocycles. The molecule has 1 N–H and O–H groups in total. The van der Waals surface area contributed by atoms with Crippen LogP contribution in [0.5, 0.6) is 0 Å². The smallest absolute Gasteiger partial charge is 0.264 e. The fourth-order valence-corrected chi connectivity index (χ4v) is 5.18. The van der Waals surface area contributed by atoms with Crippen molar-refractivity contribution in [2.45, 2.75) is 11.4 Å². The molecule has 0 aliphatic rings. The molecule has 0 unspecified atom stereocenters. The monoisotopic (exact) mass is 460 g/mol. The fourth-order valence-electron chi connectivity index (χ4n) is 2.91. The highest BCUT2D eigenvalue weighted by Crippen LogP contribution is 2.31. The van der Waals surface area contributed by atoms with Gasteiger partial charge in [-0.15, -0.1) is 11.3 Å². The van der Waals surface area contributed by atoms with Crippen LogP contribution in [0.4, 0.5) is 5.69 Å². The van der Waals surface area contributed by atoms with Crippen LogP contribution in [0.1, 0.15) is 15.4 Å². The molecule has 0 bridgehead atoms. The second-order valence-electron chi connectivity index (χ2n) is 6.52. The van der Waals surface area contributed by atoms with Gasteiger partial charge in [0.25, 0.3) is 15.9 Å². The minimum absolute atomic E-state index is 0.151. The Bertz CT molecular complexity index is 1300. The molecule has 9 heteroatoms. The fraction of sp³-hybridized carbons (Fsp3) is 0.0952. The molecule has 0 aliphatic heterocycles. The molecule has 0 fully saturated rings. The van der Waals surface area contributed by atoms with Gasteiger partial charge < -0.3 is 9.73 Å². The van der Waals surface area contributed by atoms with Gasteiger partial charge in [-0.2, -0.15) is 0 Å². The third-order valence-electron chi connectivity index (χ3n) is 4.56. The second kappa shape index (κ2) is 8.14. The molecule has 0 atom stereocenters. The lowest BCUT2D eigenvalue weighted by Gasteiger charge is -2.19. The zero-order valence-corrected chi connectivity index (χ0v) is 18.2. The molecule has 2 aromatic carbocycles. The van der Waals surface area contributed by atoms with Crippen LogP contribution < -0.4 is 9.62 Å². The number of furan rings is 1. The normalized spacial score (nSPS) is 11.5. The SMILES string of the molecule is CN(c1ccc2sc(C(=O)NCc3ccco3)cc2c1)S(=O)(=O)c1ccc(Cl)cc1. The Morgan fingerprint density at radius 3 is 2.60 bits per heavy atom. The number of nitrogens with one attached hydrogen (secondary N) is 1.